The van der Waals surface area contributed by atoms with E-state index in [1.165, 1.54) is 0 Å². The van der Waals surface area contributed by atoms with Crippen LogP contribution in [0.2, 0.25) is 0 Å². The summed E-state index contributed by atoms with van der Waals surface area (Å²) in [7, 11) is 0. The summed E-state index contributed by atoms with van der Waals surface area (Å²) in [5, 5.41) is 14.4. The molecule has 0 fully saturated rings. The molecule has 0 aliphatic carbocycles. The van der Waals surface area contributed by atoms with Crippen LogP contribution in [0.1, 0.15) is 0 Å². The van der Waals surface area contributed by atoms with E-state index in [4.69, 9.17) is 12.2 Å². The predicted molar refractivity (Wildman–Crippen MR) is 49.8 cm³/mol. The highest BCUT2D eigenvalue weighted by Crippen LogP contribution is 2.17. The monoisotopic (exact) mass is 181 g/mol. The van der Waals surface area contributed by atoms with Gasteiger partial charge in [-0.2, -0.15) is 0 Å². The summed E-state index contributed by atoms with van der Waals surface area (Å²) in [6.07, 6.45) is 0. The van der Waals surface area contributed by atoms with E-state index in [-0.39, 0.29) is 5.17 Å². The maximum Gasteiger partial charge on any atom is 0.218 e. The Hall–Kier alpha value is -1.17. The average molecular weight is 181 g/mol. The van der Waals surface area contributed by atoms with E-state index in [0.717, 1.165) is 5.69 Å². The van der Waals surface area contributed by atoms with Gasteiger partial charge >= 0.3 is 0 Å². The third-order valence-corrected chi connectivity index (χ3v) is 1.85. The Kier molecular flexibility index (Phi) is 1.69. The number of anilines is 1. The normalized spacial score (nSPS) is 20.8. The Morgan fingerprint density at radius 2 is 2.08 bits per heavy atom. The molecule has 4 nitrogen and oxygen atoms in total. The Morgan fingerprint density at radius 1 is 1.33 bits per heavy atom. The minimum absolute atomic E-state index is 0.144. The highest BCUT2D eigenvalue weighted by Gasteiger charge is 2.16. The summed E-state index contributed by atoms with van der Waals surface area (Å²) < 4.78 is 0. The lowest BCUT2D eigenvalue weighted by molar-refractivity contribution is -0.815. The number of benzene rings is 1. The fourth-order valence-electron chi connectivity index (χ4n) is 1.11. The second-order valence-electron chi connectivity index (χ2n) is 2.45. The topological polar surface area (TPSA) is 51.6 Å². The molecule has 62 valence electrons. The van der Waals surface area contributed by atoms with E-state index in [0.29, 0.717) is 10.8 Å². The third-order valence-electron chi connectivity index (χ3n) is 1.65. The van der Waals surface area contributed by atoms with Gasteiger partial charge in [-0.3, -0.25) is 0 Å². The van der Waals surface area contributed by atoms with Crippen molar-refractivity contribution in [2.45, 2.75) is 0 Å². The van der Waals surface area contributed by atoms with E-state index in [1.807, 2.05) is 18.2 Å². The first-order chi connectivity index (χ1) is 5.77. The molecule has 1 heterocycles. The molecule has 1 aliphatic heterocycles. The van der Waals surface area contributed by atoms with Crippen molar-refractivity contribution in [3.8, 4) is 0 Å². The van der Waals surface area contributed by atoms with Gasteiger partial charge in [0.05, 0.1) is 0 Å². The molecule has 1 unspecified atom stereocenters. The Labute approximate surface area is 74.7 Å². The number of rotatable bonds is 0. The van der Waals surface area contributed by atoms with E-state index in [1.54, 1.807) is 6.07 Å². The average Bonchev–Trinajstić information content (AvgIpc) is 2.04. The second kappa shape index (κ2) is 2.71. The molecule has 0 bridgehead atoms. The van der Waals surface area contributed by atoms with Crippen molar-refractivity contribution >= 4 is 28.7 Å². The van der Waals surface area contributed by atoms with Gasteiger partial charge in [0.1, 0.15) is 5.69 Å². The van der Waals surface area contributed by atoms with Crippen molar-refractivity contribution in [2.24, 2.45) is 0 Å². The SMILES string of the molecule is [O-][NH+]1NC(=S)Nc2ccccc21. The largest absolute Gasteiger partial charge is 0.603 e. The van der Waals surface area contributed by atoms with E-state index in [9.17, 15) is 5.21 Å². The van der Waals surface area contributed by atoms with Crippen LogP contribution in [0.3, 0.4) is 0 Å². The lowest BCUT2D eigenvalue weighted by Crippen LogP contribution is -3.11. The number of quaternary nitrogens is 1. The molecule has 2 rings (SSSR count). The third kappa shape index (κ3) is 1.14. The summed E-state index contributed by atoms with van der Waals surface area (Å²) in [5.41, 5.74) is 3.92. The van der Waals surface area contributed by atoms with Crippen LogP contribution in [-0.4, -0.2) is 5.11 Å². The van der Waals surface area contributed by atoms with Crippen LogP contribution in [0.15, 0.2) is 24.3 Å². The molecule has 0 saturated heterocycles. The van der Waals surface area contributed by atoms with Crippen LogP contribution in [0.5, 0.6) is 0 Å². The first-order valence-electron chi connectivity index (χ1n) is 3.49. The number of hydrogen-bond donors (Lipinski definition) is 3. The molecule has 1 aromatic carbocycles. The predicted octanol–water partition coefficient (Wildman–Crippen LogP) is -0.0842. The number of thiocarbonyl (C=S) groups is 1. The zero-order valence-electron chi connectivity index (χ0n) is 6.13. The quantitative estimate of drug-likeness (QED) is 0.387. The molecule has 0 saturated carbocycles. The molecular weight excluding hydrogens is 174 g/mol. The summed E-state index contributed by atoms with van der Waals surface area (Å²) in [6.45, 7) is 0. The molecule has 3 N–H and O–H groups in total. The van der Waals surface area contributed by atoms with Gasteiger partial charge in [-0.15, -0.1) is 0 Å². The van der Waals surface area contributed by atoms with Gasteiger partial charge in [-0.25, -0.2) is 10.6 Å². The molecule has 1 atom stereocenters. The van der Waals surface area contributed by atoms with Crippen LogP contribution < -0.4 is 15.9 Å². The van der Waals surface area contributed by atoms with Gasteiger partial charge in [0.2, 0.25) is 5.11 Å². The second-order valence-corrected chi connectivity index (χ2v) is 2.86. The van der Waals surface area contributed by atoms with E-state index < -0.39 is 0 Å². The summed E-state index contributed by atoms with van der Waals surface area (Å²) in [5.74, 6) is 0. The van der Waals surface area contributed by atoms with Crippen LogP contribution in [0, 0.1) is 5.21 Å². The number of nitrogens with one attached hydrogen (secondary N) is 3. The number of fused-ring (bicyclic) bond motifs is 1. The Bertz CT molecular complexity index is 328. The van der Waals surface area contributed by atoms with Gasteiger partial charge in [0, 0.05) is 6.07 Å². The minimum atomic E-state index is -0.144. The first kappa shape index (κ1) is 7.48. The van der Waals surface area contributed by atoms with E-state index >= 15 is 0 Å². The number of hydrogen-bond acceptors (Lipinski definition) is 2. The maximum absolute atomic E-state index is 11.3. The smallest absolute Gasteiger partial charge is 0.218 e. The molecular formula is C7H7N3OS. The summed E-state index contributed by atoms with van der Waals surface area (Å²) >= 11 is 4.82. The Balaban J connectivity index is 2.47. The standard InChI is InChI=1S/C7H7N3OS/c11-10-6-4-2-1-3-5(6)8-7(12)9-10/h1-4,10H,(H2,8,9,12). The van der Waals surface area contributed by atoms with Crippen molar-refractivity contribution in [3.05, 3.63) is 29.5 Å². The van der Waals surface area contributed by atoms with Crippen molar-refractivity contribution in [1.29, 1.82) is 0 Å². The van der Waals surface area contributed by atoms with Crippen molar-refractivity contribution in [1.82, 2.24) is 5.43 Å². The number of para-hydroxylation sites is 2. The van der Waals surface area contributed by atoms with Gasteiger partial charge in [-0.1, -0.05) is 12.1 Å². The van der Waals surface area contributed by atoms with Gasteiger partial charge in [0.15, 0.2) is 5.69 Å². The molecule has 1 aromatic rings. The van der Waals surface area contributed by atoms with Crippen LogP contribution in [0.4, 0.5) is 11.4 Å². The van der Waals surface area contributed by atoms with Crippen LogP contribution in [-0.2, 0) is 0 Å². The van der Waals surface area contributed by atoms with Gasteiger partial charge < -0.3 is 10.5 Å². The highest BCUT2D eigenvalue weighted by atomic mass is 32.1. The molecule has 1 aliphatic rings. The molecule has 0 spiro atoms. The van der Waals surface area contributed by atoms with Crippen molar-refractivity contribution in [3.63, 3.8) is 0 Å². The lowest BCUT2D eigenvalue weighted by atomic mass is 10.2. The van der Waals surface area contributed by atoms with Crippen LogP contribution >= 0.6 is 12.2 Å². The maximum atomic E-state index is 11.3. The van der Waals surface area contributed by atoms with Gasteiger partial charge in [0.25, 0.3) is 0 Å². The molecule has 0 radical (unpaired) electrons. The van der Waals surface area contributed by atoms with Crippen molar-refractivity contribution < 1.29 is 5.17 Å². The molecule has 0 aromatic heterocycles. The molecule has 5 heteroatoms. The first-order valence-corrected chi connectivity index (χ1v) is 3.89. The summed E-state index contributed by atoms with van der Waals surface area (Å²) in [6, 6.07) is 7.24. The van der Waals surface area contributed by atoms with Gasteiger partial charge in [-0.05, 0) is 18.3 Å². The minimum Gasteiger partial charge on any atom is -0.603 e. The van der Waals surface area contributed by atoms with Crippen molar-refractivity contribution in [2.75, 3.05) is 5.32 Å². The summed E-state index contributed by atoms with van der Waals surface area (Å²) in [4.78, 5) is 0. The Morgan fingerprint density at radius 3 is 2.92 bits per heavy atom. The van der Waals surface area contributed by atoms with E-state index in [2.05, 4.69) is 10.7 Å². The fraction of sp³-hybridized carbons (Fsp3) is 0. The zero-order chi connectivity index (χ0) is 8.55. The molecule has 12 heavy (non-hydrogen) atoms. The molecule has 0 amide bonds. The lowest BCUT2D eigenvalue weighted by Gasteiger charge is -2.29. The fourth-order valence-corrected chi connectivity index (χ4v) is 1.32. The van der Waals surface area contributed by atoms with Crippen LogP contribution in [0.25, 0.3) is 0 Å². The zero-order valence-corrected chi connectivity index (χ0v) is 6.94. The highest BCUT2D eigenvalue weighted by molar-refractivity contribution is 7.80.